The number of imidazole rings is 2. The summed E-state index contributed by atoms with van der Waals surface area (Å²) in [7, 11) is 0. The number of H-pyrrole nitrogens is 2. The molecule has 1 aromatic carbocycles. The van der Waals surface area contributed by atoms with E-state index in [9.17, 15) is 9.59 Å². The van der Waals surface area contributed by atoms with Crippen molar-refractivity contribution >= 4 is 12.1 Å². The van der Waals surface area contributed by atoms with Crippen LogP contribution in [0.15, 0.2) is 49.1 Å². The van der Waals surface area contributed by atoms with Gasteiger partial charge in [0.1, 0.15) is 17.8 Å². The maximum absolute atomic E-state index is 12.8. The molecule has 1 unspecified atom stereocenters. The second-order valence-corrected chi connectivity index (χ2v) is 13.4. The van der Waals surface area contributed by atoms with Gasteiger partial charge in [-0.15, -0.1) is 0 Å². The zero-order valence-corrected chi connectivity index (χ0v) is 30.5. The van der Waals surface area contributed by atoms with E-state index in [1.165, 1.54) is 17.5 Å². The molecule has 50 heavy (non-hydrogen) atoms. The SMILES string of the molecule is CCCN(CCC)CCCCN(CCC(=O)OC(C)OC(=O)OC1CCCCC1)Cc1ccc(CN(Cc2ncc[nH]2)Cc2ncc[nH]2)cc1. The number of carbonyl (C=O) groups is 2. The molecular weight excluding hydrogens is 634 g/mol. The van der Waals surface area contributed by atoms with Gasteiger partial charge < -0.3 is 29.1 Å². The molecule has 2 N–H and O–H groups in total. The largest absolute Gasteiger partial charge is 0.511 e. The zero-order chi connectivity index (χ0) is 35.4. The van der Waals surface area contributed by atoms with Crippen LogP contribution in [0.4, 0.5) is 4.79 Å². The van der Waals surface area contributed by atoms with Crippen molar-refractivity contribution in [1.82, 2.24) is 34.6 Å². The maximum Gasteiger partial charge on any atom is 0.511 e. The van der Waals surface area contributed by atoms with Crippen LogP contribution in [0.5, 0.6) is 0 Å². The highest BCUT2D eigenvalue weighted by Crippen LogP contribution is 2.21. The van der Waals surface area contributed by atoms with Crippen molar-refractivity contribution in [3.05, 3.63) is 71.8 Å². The highest BCUT2D eigenvalue weighted by Gasteiger charge is 2.22. The van der Waals surface area contributed by atoms with Crippen LogP contribution in [0.3, 0.4) is 0 Å². The first-order valence-corrected chi connectivity index (χ1v) is 18.7. The zero-order valence-electron chi connectivity index (χ0n) is 30.5. The summed E-state index contributed by atoms with van der Waals surface area (Å²) in [4.78, 5) is 47.4. The number of benzene rings is 1. The Balaban J connectivity index is 1.30. The van der Waals surface area contributed by atoms with E-state index in [0.29, 0.717) is 19.6 Å². The van der Waals surface area contributed by atoms with E-state index in [1.54, 1.807) is 19.3 Å². The van der Waals surface area contributed by atoms with Gasteiger partial charge >= 0.3 is 12.1 Å². The number of nitrogens with zero attached hydrogens (tertiary/aromatic N) is 5. The lowest BCUT2D eigenvalue weighted by Gasteiger charge is -2.25. The number of carbonyl (C=O) groups excluding carboxylic acids is 2. The Labute approximate surface area is 298 Å². The predicted molar refractivity (Wildman–Crippen MR) is 193 cm³/mol. The summed E-state index contributed by atoms with van der Waals surface area (Å²) in [5.41, 5.74) is 2.39. The van der Waals surface area contributed by atoms with Gasteiger partial charge in [0.05, 0.1) is 19.5 Å². The second-order valence-electron chi connectivity index (χ2n) is 13.4. The number of hydrogen-bond donors (Lipinski definition) is 2. The molecule has 0 radical (unpaired) electrons. The molecule has 12 heteroatoms. The number of hydrogen-bond acceptors (Lipinski definition) is 10. The highest BCUT2D eigenvalue weighted by molar-refractivity contribution is 5.70. The van der Waals surface area contributed by atoms with Gasteiger partial charge in [0.25, 0.3) is 0 Å². The Morgan fingerprint density at radius 1 is 0.740 bits per heavy atom. The molecule has 2 aromatic heterocycles. The fraction of sp³-hybridized carbons (Fsp3) is 0.632. The molecule has 0 bridgehead atoms. The lowest BCUT2D eigenvalue weighted by molar-refractivity contribution is -0.169. The number of rotatable bonds is 23. The maximum atomic E-state index is 12.8. The van der Waals surface area contributed by atoms with Crippen LogP contribution in [0, 0.1) is 0 Å². The van der Waals surface area contributed by atoms with Crippen molar-refractivity contribution in [2.45, 2.75) is 124 Å². The first-order chi connectivity index (χ1) is 24.4. The Morgan fingerprint density at radius 2 is 1.30 bits per heavy atom. The summed E-state index contributed by atoms with van der Waals surface area (Å²) < 4.78 is 16.1. The van der Waals surface area contributed by atoms with Crippen molar-refractivity contribution < 1.29 is 23.8 Å². The topological polar surface area (TPSA) is 129 Å². The number of ether oxygens (including phenoxy) is 3. The molecule has 1 fully saturated rings. The summed E-state index contributed by atoms with van der Waals surface area (Å²) in [6.45, 7) is 13.6. The van der Waals surface area contributed by atoms with Crippen LogP contribution < -0.4 is 0 Å². The molecule has 1 atom stereocenters. The number of nitrogens with one attached hydrogen (secondary N) is 2. The lowest BCUT2D eigenvalue weighted by atomic mass is 9.98. The summed E-state index contributed by atoms with van der Waals surface area (Å²) in [6, 6.07) is 8.71. The van der Waals surface area contributed by atoms with Crippen LogP contribution in [-0.2, 0) is 45.2 Å². The second kappa shape index (κ2) is 22.2. The van der Waals surface area contributed by atoms with Crippen LogP contribution >= 0.6 is 0 Å². The molecule has 1 aliphatic carbocycles. The van der Waals surface area contributed by atoms with Gasteiger partial charge in [-0.25, -0.2) is 14.8 Å². The van der Waals surface area contributed by atoms with E-state index in [-0.39, 0.29) is 12.5 Å². The van der Waals surface area contributed by atoms with Gasteiger partial charge in [-0.1, -0.05) is 44.5 Å². The van der Waals surface area contributed by atoms with Crippen molar-refractivity contribution in [3.8, 4) is 0 Å². The van der Waals surface area contributed by atoms with Gasteiger partial charge in [-0.2, -0.15) is 0 Å². The van der Waals surface area contributed by atoms with Crippen molar-refractivity contribution in [1.29, 1.82) is 0 Å². The average Bonchev–Trinajstić information content (AvgIpc) is 3.81. The van der Waals surface area contributed by atoms with Crippen LogP contribution in [-0.4, -0.2) is 91.9 Å². The minimum absolute atomic E-state index is 0.111. The smallest absolute Gasteiger partial charge is 0.431 e. The first-order valence-electron chi connectivity index (χ1n) is 18.7. The van der Waals surface area contributed by atoms with Gasteiger partial charge in [0.2, 0.25) is 6.29 Å². The van der Waals surface area contributed by atoms with Gasteiger partial charge in [-0.05, 0) is 88.7 Å². The molecule has 1 aliphatic rings. The number of aromatic amines is 2. The van der Waals surface area contributed by atoms with Gasteiger partial charge in [0.15, 0.2) is 0 Å². The normalized spacial score (nSPS) is 14.4. The summed E-state index contributed by atoms with van der Waals surface area (Å²) >= 11 is 0. The Hall–Kier alpha value is -3.74. The molecule has 0 spiro atoms. The fourth-order valence-electron chi connectivity index (χ4n) is 6.54. The molecule has 12 nitrogen and oxygen atoms in total. The molecule has 0 amide bonds. The molecule has 0 saturated heterocycles. The van der Waals surface area contributed by atoms with Crippen LogP contribution in [0.25, 0.3) is 0 Å². The van der Waals surface area contributed by atoms with Gasteiger partial charge in [-0.3, -0.25) is 14.6 Å². The quantitative estimate of drug-likeness (QED) is 0.0621. The van der Waals surface area contributed by atoms with Gasteiger partial charge in [0, 0.05) is 51.3 Å². The summed E-state index contributed by atoms with van der Waals surface area (Å²) in [5, 5.41) is 0. The fourth-order valence-corrected chi connectivity index (χ4v) is 6.54. The van der Waals surface area contributed by atoms with E-state index < -0.39 is 18.4 Å². The number of esters is 1. The van der Waals surface area contributed by atoms with Crippen molar-refractivity contribution in [3.63, 3.8) is 0 Å². The molecule has 2 heterocycles. The predicted octanol–water partition coefficient (Wildman–Crippen LogP) is 6.80. The monoisotopic (exact) mass is 693 g/mol. The number of unbranched alkanes of at least 4 members (excludes halogenated alkanes) is 1. The molecule has 0 aliphatic heterocycles. The molecule has 1 saturated carbocycles. The van der Waals surface area contributed by atoms with E-state index in [0.717, 1.165) is 102 Å². The third-order valence-electron chi connectivity index (χ3n) is 8.98. The Bertz CT molecular complexity index is 1290. The van der Waals surface area contributed by atoms with E-state index in [1.807, 2.05) is 12.4 Å². The minimum Gasteiger partial charge on any atom is -0.431 e. The lowest BCUT2D eigenvalue weighted by Crippen LogP contribution is -2.31. The summed E-state index contributed by atoms with van der Waals surface area (Å²) in [6.07, 6.45) is 15.0. The van der Waals surface area contributed by atoms with Crippen molar-refractivity contribution in [2.75, 3.05) is 32.7 Å². The molecule has 4 rings (SSSR count). The molecule has 276 valence electrons. The Kier molecular flexibility index (Phi) is 17.3. The third kappa shape index (κ3) is 15.0. The summed E-state index contributed by atoms with van der Waals surface area (Å²) in [5.74, 6) is 1.43. The highest BCUT2D eigenvalue weighted by atomic mass is 16.8. The first kappa shape index (κ1) is 39.1. The van der Waals surface area contributed by atoms with E-state index in [4.69, 9.17) is 14.2 Å². The minimum atomic E-state index is -0.997. The van der Waals surface area contributed by atoms with E-state index >= 15 is 0 Å². The van der Waals surface area contributed by atoms with Crippen LogP contribution in [0.1, 0.15) is 108 Å². The number of aromatic nitrogens is 4. The van der Waals surface area contributed by atoms with Crippen molar-refractivity contribution in [2.24, 2.45) is 0 Å². The van der Waals surface area contributed by atoms with Crippen LogP contribution in [0.2, 0.25) is 0 Å². The third-order valence-corrected chi connectivity index (χ3v) is 8.98. The standard InChI is InChI=1S/C38H59N7O5/c1-4-22-43(23-5-2)24-9-10-25-44(26-17-37(46)48-31(3)49-38(47)50-34-11-7-6-8-12-34)27-32-13-15-33(16-14-32)28-45(29-35-39-18-19-40-35)30-36-41-20-21-42-36/h13-16,18-21,31,34H,4-12,17,22-30H2,1-3H3,(H,39,40)(H,41,42). The van der Waals surface area contributed by atoms with E-state index in [2.05, 4.69) is 72.7 Å². The molecule has 3 aromatic rings. The Morgan fingerprint density at radius 3 is 1.84 bits per heavy atom. The average molecular weight is 694 g/mol. The molecular formula is C38H59N7O5.